The number of fused-ring (bicyclic) bond motifs is 1. The van der Waals surface area contributed by atoms with E-state index in [1.54, 1.807) is 13.0 Å². The maximum absolute atomic E-state index is 11.7. The third-order valence-corrected chi connectivity index (χ3v) is 2.72. The van der Waals surface area contributed by atoms with E-state index in [0.29, 0.717) is 12.2 Å². The number of aryl methyl sites for hydroxylation is 1. The van der Waals surface area contributed by atoms with Gasteiger partial charge >= 0.3 is 0 Å². The molecule has 0 aliphatic heterocycles. The van der Waals surface area contributed by atoms with E-state index < -0.39 is 6.10 Å². The minimum absolute atomic E-state index is 0.198. The molecule has 0 saturated carbocycles. The van der Waals surface area contributed by atoms with Crippen LogP contribution < -0.4 is 4.74 Å². The summed E-state index contributed by atoms with van der Waals surface area (Å²) in [7, 11) is 0. The lowest BCUT2D eigenvalue weighted by Gasteiger charge is -2.16. The quantitative estimate of drug-likeness (QED) is 0.847. The van der Waals surface area contributed by atoms with Gasteiger partial charge in [0.25, 0.3) is 0 Å². The number of Topliss-reactive ketones (excluding diaryl/α,β-unsaturated/α-hetero) is 1. The minimum Gasteiger partial charge on any atom is -0.491 e. The molecule has 2 rings (SSSR count). The molecule has 1 atom stereocenters. The molecule has 1 aromatic carbocycles. The molecule has 86 valence electrons. The van der Waals surface area contributed by atoms with E-state index >= 15 is 0 Å². The van der Waals surface area contributed by atoms with Gasteiger partial charge in [-0.2, -0.15) is 0 Å². The zero-order valence-corrected chi connectivity index (χ0v) is 9.40. The number of carbonyl (C=O) groups is 1. The van der Waals surface area contributed by atoms with Crippen LogP contribution in [-0.4, -0.2) is 23.6 Å². The van der Waals surface area contributed by atoms with E-state index in [1.165, 1.54) is 0 Å². The van der Waals surface area contributed by atoms with Gasteiger partial charge in [0, 0.05) is 12.0 Å². The second kappa shape index (κ2) is 4.66. The van der Waals surface area contributed by atoms with Gasteiger partial charge in [-0.3, -0.25) is 4.79 Å². The Morgan fingerprint density at radius 3 is 3.00 bits per heavy atom. The van der Waals surface area contributed by atoms with Crippen molar-refractivity contribution in [3.05, 3.63) is 29.3 Å². The van der Waals surface area contributed by atoms with Crippen LogP contribution in [0.4, 0.5) is 0 Å². The number of benzene rings is 1. The fraction of sp³-hybridized carbons (Fsp3) is 0.462. The number of rotatable bonds is 3. The van der Waals surface area contributed by atoms with Crippen LogP contribution in [0.25, 0.3) is 0 Å². The zero-order chi connectivity index (χ0) is 11.5. The van der Waals surface area contributed by atoms with Gasteiger partial charge in [-0.1, -0.05) is 6.07 Å². The molecule has 0 heterocycles. The molecular weight excluding hydrogens is 204 g/mol. The highest BCUT2D eigenvalue weighted by molar-refractivity contribution is 5.98. The summed E-state index contributed by atoms with van der Waals surface area (Å²) in [6.07, 6.45) is 2.05. The number of ether oxygens (including phenoxy) is 1. The SMILES string of the molecule is CC(O)COc1ccc2c(c1)C(=O)CCC2. The summed E-state index contributed by atoms with van der Waals surface area (Å²) >= 11 is 0. The maximum Gasteiger partial charge on any atom is 0.163 e. The smallest absolute Gasteiger partial charge is 0.163 e. The van der Waals surface area contributed by atoms with E-state index in [1.807, 2.05) is 12.1 Å². The van der Waals surface area contributed by atoms with Crippen LogP contribution in [0.1, 0.15) is 35.7 Å². The minimum atomic E-state index is -0.494. The third kappa shape index (κ3) is 2.42. The first kappa shape index (κ1) is 11.1. The molecule has 3 heteroatoms. The van der Waals surface area contributed by atoms with E-state index in [4.69, 9.17) is 9.84 Å². The Kier molecular flexibility index (Phi) is 3.25. The van der Waals surface area contributed by atoms with Gasteiger partial charge in [0.15, 0.2) is 5.78 Å². The Bertz CT molecular complexity index is 396. The first-order chi connectivity index (χ1) is 7.66. The summed E-state index contributed by atoms with van der Waals surface area (Å²) in [5.41, 5.74) is 1.90. The van der Waals surface area contributed by atoms with Gasteiger partial charge in [0.1, 0.15) is 12.4 Å². The Labute approximate surface area is 95.0 Å². The molecule has 1 unspecified atom stereocenters. The third-order valence-electron chi connectivity index (χ3n) is 2.72. The van der Waals surface area contributed by atoms with E-state index in [9.17, 15) is 4.79 Å². The van der Waals surface area contributed by atoms with Crippen molar-refractivity contribution in [2.45, 2.75) is 32.3 Å². The normalized spacial score (nSPS) is 16.8. The van der Waals surface area contributed by atoms with Crippen LogP contribution in [0, 0.1) is 0 Å². The molecule has 1 aliphatic carbocycles. The molecule has 0 spiro atoms. The Morgan fingerprint density at radius 1 is 1.44 bits per heavy atom. The molecular formula is C13H16O3. The number of hydrogen-bond acceptors (Lipinski definition) is 3. The number of carbonyl (C=O) groups excluding carboxylic acids is 1. The van der Waals surface area contributed by atoms with Crippen LogP contribution in [0.3, 0.4) is 0 Å². The summed E-state index contributed by atoms with van der Waals surface area (Å²) in [5.74, 6) is 0.860. The first-order valence-corrected chi connectivity index (χ1v) is 5.64. The Balaban J connectivity index is 2.17. The lowest BCUT2D eigenvalue weighted by Crippen LogP contribution is -2.14. The predicted octanol–water partition coefficient (Wildman–Crippen LogP) is 1.97. The predicted molar refractivity (Wildman–Crippen MR) is 60.9 cm³/mol. The van der Waals surface area contributed by atoms with Crippen molar-refractivity contribution in [1.29, 1.82) is 0 Å². The monoisotopic (exact) mass is 220 g/mol. The van der Waals surface area contributed by atoms with E-state index in [-0.39, 0.29) is 12.4 Å². The number of aliphatic hydroxyl groups excluding tert-OH is 1. The van der Waals surface area contributed by atoms with Crippen molar-refractivity contribution in [2.75, 3.05) is 6.61 Å². The van der Waals surface area contributed by atoms with E-state index in [0.717, 1.165) is 24.0 Å². The maximum atomic E-state index is 11.7. The first-order valence-electron chi connectivity index (χ1n) is 5.64. The van der Waals surface area contributed by atoms with Crippen molar-refractivity contribution in [1.82, 2.24) is 0 Å². The van der Waals surface area contributed by atoms with Gasteiger partial charge < -0.3 is 9.84 Å². The van der Waals surface area contributed by atoms with Crippen LogP contribution in [-0.2, 0) is 6.42 Å². The Morgan fingerprint density at radius 2 is 2.25 bits per heavy atom. The molecule has 0 radical (unpaired) electrons. The summed E-state index contributed by atoms with van der Waals surface area (Å²) < 4.78 is 5.38. The molecule has 0 aromatic heterocycles. The largest absolute Gasteiger partial charge is 0.491 e. The van der Waals surface area contributed by atoms with Gasteiger partial charge in [0.2, 0.25) is 0 Å². The molecule has 3 nitrogen and oxygen atoms in total. The van der Waals surface area contributed by atoms with Crippen molar-refractivity contribution in [3.63, 3.8) is 0 Å². The van der Waals surface area contributed by atoms with Crippen molar-refractivity contribution in [2.24, 2.45) is 0 Å². The van der Waals surface area contributed by atoms with Gasteiger partial charge in [-0.15, -0.1) is 0 Å². The van der Waals surface area contributed by atoms with Crippen molar-refractivity contribution < 1.29 is 14.6 Å². The highest BCUT2D eigenvalue weighted by Crippen LogP contribution is 2.25. The molecule has 0 fully saturated rings. The second-order valence-corrected chi connectivity index (χ2v) is 4.26. The molecule has 1 aliphatic rings. The average Bonchev–Trinajstić information content (AvgIpc) is 2.27. The summed E-state index contributed by atoms with van der Waals surface area (Å²) in [5, 5.41) is 9.11. The summed E-state index contributed by atoms with van der Waals surface area (Å²) in [6.45, 7) is 1.93. The zero-order valence-electron chi connectivity index (χ0n) is 9.40. The molecule has 0 amide bonds. The number of aliphatic hydroxyl groups is 1. The fourth-order valence-corrected chi connectivity index (χ4v) is 1.91. The standard InChI is InChI=1S/C13H16O3/c1-9(14)8-16-11-6-5-10-3-2-4-13(15)12(10)7-11/h5-7,9,14H,2-4,8H2,1H3. The molecule has 0 bridgehead atoms. The molecule has 1 aromatic rings. The van der Waals surface area contributed by atoms with Gasteiger partial charge in [-0.25, -0.2) is 0 Å². The van der Waals surface area contributed by atoms with Crippen LogP contribution in [0.2, 0.25) is 0 Å². The highest BCUT2D eigenvalue weighted by Gasteiger charge is 2.17. The topological polar surface area (TPSA) is 46.5 Å². The lowest BCUT2D eigenvalue weighted by molar-refractivity contribution is 0.0971. The van der Waals surface area contributed by atoms with Crippen LogP contribution >= 0.6 is 0 Å². The summed E-state index contributed by atoms with van der Waals surface area (Å²) in [4.78, 5) is 11.7. The molecule has 0 saturated heterocycles. The van der Waals surface area contributed by atoms with Crippen LogP contribution in [0.15, 0.2) is 18.2 Å². The molecule has 1 N–H and O–H groups in total. The molecule has 16 heavy (non-hydrogen) atoms. The van der Waals surface area contributed by atoms with Crippen LogP contribution in [0.5, 0.6) is 5.75 Å². The summed E-state index contributed by atoms with van der Waals surface area (Å²) in [6, 6.07) is 5.60. The van der Waals surface area contributed by atoms with Crippen molar-refractivity contribution >= 4 is 5.78 Å². The van der Waals surface area contributed by atoms with Crippen molar-refractivity contribution in [3.8, 4) is 5.75 Å². The van der Waals surface area contributed by atoms with Gasteiger partial charge in [0.05, 0.1) is 6.10 Å². The average molecular weight is 220 g/mol. The number of hydrogen-bond donors (Lipinski definition) is 1. The Hall–Kier alpha value is -1.35. The fourth-order valence-electron chi connectivity index (χ4n) is 1.91. The van der Waals surface area contributed by atoms with E-state index in [2.05, 4.69) is 0 Å². The lowest BCUT2D eigenvalue weighted by atomic mass is 9.90. The highest BCUT2D eigenvalue weighted by atomic mass is 16.5. The van der Waals surface area contributed by atoms with Gasteiger partial charge in [-0.05, 0) is 37.5 Å². The second-order valence-electron chi connectivity index (χ2n) is 4.26. The number of ketones is 1.